The number of rotatable bonds is 12. The molecule has 36 heavy (non-hydrogen) atoms. The lowest BCUT2D eigenvalue weighted by atomic mass is 10.0. The van der Waals surface area contributed by atoms with Crippen molar-refractivity contribution in [2.75, 3.05) is 13.2 Å². The minimum Gasteiger partial charge on any atom is -0.484 e. The first-order valence-corrected chi connectivity index (χ1v) is 13.6. The second kappa shape index (κ2) is 14.4. The van der Waals surface area contributed by atoms with Gasteiger partial charge in [0.15, 0.2) is 6.61 Å². The topological polar surface area (TPSA) is 58.6 Å². The van der Waals surface area contributed by atoms with Crippen LogP contribution in [-0.4, -0.2) is 35.9 Å². The molecule has 0 aliphatic carbocycles. The summed E-state index contributed by atoms with van der Waals surface area (Å²) in [6.45, 7) is 2.45. The Hall–Kier alpha value is -2.29. The Morgan fingerprint density at radius 3 is 2.28 bits per heavy atom. The normalized spacial score (nSPS) is 11.6. The molecule has 0 fully saturated rings. The molecule has 0 heterocycles. The molecule has 0 spiro atoms. The quantitative estimate of drug-likeness (QED) is 0.181. The lowest BCUT2D eigenvalue weighted by Crippen LogP contribution is -2.52. The van der Waals surface area contributed by atoms with E-state index < -0.39 is 6.04 Å². The minimum absolute atomic E-state index is 0.0755. The maximum absolute atomic E-state index is 13.6. The van der Waals surface area contributed by atoms with Crippen LogP contribution in [-0.2, 0) is 22.6 Å². The van der Waals surface area contributed by atoms with Gasteiger partial charge in [-0.1, -0.05) is 72.9 Å². The molecule has 0 unspecified atom stereocenters. The Balaban J connectivity index is 1.92. The Labute approximate surface area is 236 Å². The summed E-state index contributed by atoms with van der Waals surface area (Å²) >= 11 is 15.1. The van der Waals surface area contributed by atoms with Gasteiger partial charge in [0.05, 0.1) is 0 Å². The zero-order valence-corrected chi connectivity index (χ0v) is 23.7. The van der Waals surface area contributed by atoms with Crippen molar-refractivity contribution in [3.63, 3.8) is 0 Å². The van der Waals surface area contributed by atoms with Crippen molar-refractivity contribution in [3.8, 4) is 5.75 Å². The molecule has 3 aromatic rings. The average molecular weight is 639 g/mol. The fourth-order valence-corrected chi connectivity index (χ4v) is 4.55. The van der Waals surface area contributed by atoms with E-state index in [4.69, 9.17) is 27.9 Å². The van der Waals surface area contributed by atoms with Crippen LogP contribution in [0.15, 0.2) is 72.8 Å². The number of ether oxygens (including phenoxy) is 1. The monoisotopic (exact) mass is 638 g/mol. The van der Waals surface area contributed by atoms with E-state index >= 15 is 0 Å². The Bertz CT molecular complexity index is 1120. The van der Waals surface area contributed by atoms with E-state index in [1.807, 2.05) is 54.6 Å². The highest BCUT2D eigenvalue weighted by molar-refractivity contribution is 14.1. The summed E-state index contributed by atoms with van der Waals surface area (Å²) in [6.07, 6.45) is 2.14. The highest BCUT2D eigenvalue weighted by atomic mass is 127. The summed E-state index contributed by atoms with van der Waals surface area (Å²) in [4.78, 5) is 28.6. The van der Waals surface area contributed by atoms with Crippen LogP contribution in [0.1, 0.15) is 30.9 Å². The maximum atomic E-state index is 13.6. The van der Waals surface area contributed by atoms with E-state index in [1.54, 1.807) is 18.2 Å². The summed E-state index contributed by atoms with van der Waals surface area (Å²) in [5.41, 5.74) is 1.53. The minimum atomic E-state index is -0.774. The van der Waals surface area contributed by atoms with Crippen molar-refractivity contribution < 1.29 is 14.3 Å². The smallest absolute Gasteiger partial charge is 0.261 e. The molecule has 5 nitrogen and oxygen atoms in total. The number of hydrogen-bond acceptors (Lipinski definition) is 3. The number of benzene rings is 3. The van der Waals surface area contributed by atoms with Crippen molar-refractivity contribution in [1.82, 2.24) is 10.2 Å². The third-order valence-corrected chi connectivity index (χ3v) is 7.09. The SMILES string of the molecule is CCCCNC(=O)[C@@H](Cc1ccccc1)N(Cc1c(Cl)cccc1Cl)C(=O)COc1ccc(I)cc1. The molecule has 0 aliphatic heterocycles. The van der Waals surface area contributed by atoms with Gasteiger partial charge in [-0.25, -0.2) is 0 Å². The molecule has 0 aliphatic rings. The summed E-state index contributed by atoms with van der Waals surface area (Å²) in [5, 5.41) is 3.86. The first-order chi connectivity index (χ1) is 17.4. The molecule has 0 radical (unpaired) electrons. The lowest BCUT2D eigenvalue weighted by Gasteiger charge is -2.32. The van der Waals surface area contributed by atoms with E-state index in [9.17, 15) is 9.59 Å². The molecule has 1 N–H and O–H groups in total. The molecule has 3 aromatic carbocycles. The Morgan fingerprint density at radius 1 is 0.972 bits per heavy atom. The van der Waals surface area contributed by atoms with Gasteiger partial charge in [0.2, 0.25) is 5.91 Å². The molecule has 0 saturated carbocycles. The van der Waals surface area contributed by atoms with Gasteiger partial charge in [-0.2, -0.15) is 0 Å². The largest absolute Gasteiger partial charge is 0.484 e. The van der Waals surface area contributed by atoms with Crippen LogP contribution in [0.25, 0.3) is 0 Å². The second-order valence-electron chi connectivity index (χ2n) is 8.31. The maximum Gasteiger partial charge on any atom is 0.261 e. The number of carbonyl (C=O) groups excluding carboxylic acids is 2. The molecule has 3 rings (SSSR count). The van der Waals surface area contributed by atoms with Crippen molar-refractivity contribution >= 4 is 57.6 Å². The molecule has 190 valence electrons. The number of unbranched alkanes of at least 4 members (excludes halogenated alkanes) is 1. The average Bonchev–Trinajstić information content (AvgIpc) is 2.88. The van der Waals surface area contributed by atoms with Gasteiger partial charge >= 0.3 is 0 Å². The van der Waals surface area contributed by atoms with Crippen molar-refractivity contribution in [1.29, 1.82) is 0 Å². The highest BCUT2D eigenvalue weighted by Crippen LogP contribution is 2.27. The molecule has 8 heteroatoms. The zero-order chi connectivity index (χ0) is 25.9. The van der Waals surface area contributed by atoms with Gasteiger partial charge in [0, 0.05) is 38.7 Å². The predicted molar refractivity (Wildman–Crippen MR) is 154 cm³/mol. The van der Waals surface area contributed by atoms with Crippen molar-refractivity contribution in [2.24, 2.45) is 0 Å². The van der Waals surface area contributed by atoms with Crippen molar-refractivity contribution in [3.05, 3.63) is 97.5 Å². The van der Waals surface area contributed by atoms with Gasteiger partial charge < -0.3 is 15.0 Å². The van der Waals surface area contributed by atoms with Gasteiger partial charge in [0.1, 0.15) is 11.8 Å². The second-order valence-corrected chi connectivity index (χ2v) is 10.4. The van der Waals surface area contributed by atoms with Crippen LogP contribution < -0.4 is 10.1 Å². The summed E-state index contributed by atoms with van der Waals surface area (Å²) in [6, 6.07) is 21.5. The first-order valence-electron chi connectivity index (χ1n) is 11.8. The van der Waals surface area contributed by atoms with E-state index in [-0.39, 0.29) is 25.0 Å². The lowest BCUT2D eigenvalue weighted by molar-refractivity contribution is -0.142. The van der Waals surface area contributed by atoms with Gasteiger partial charge in [-0.15, -0.1) is 0 Å². The molecule has 0 aromatic heterocycles. The van der Waals surface area contributed by atoms with E-state index in [2.05, 4.69) is 34.8 Å². The van der Waals surface area contributed by atoms with Crippen LogP contribution >= 0.6 is 45.8 Å². The summed E-state index contributed by atoms with van der Waals surface area (Å²) in [5.74, 6) is 0.0145. The van der Waals surface area contributed by atoms with Crippen LogP contribution in [0.2, 0.25) is 10.0 Å². The highest BCUT2D eigenvalue weighted by Gasteiger charge is 2.31. The summed E-state index contributed by atoms with van der Waals surface area (Å²) < 4.78 is 6.85. The number of amides is 2. The van der Waals surface area contributed by atoms with Crippen molar-refractivity contribution in [2.45, 2.75) is 38.8 Å². The van der Waals surface area contributed by atoms with E-state index in [1.165, 1.54) is 4.90 Å². The first kappa shape index (κ1) is 28.3. The third kappa shape index (κ3) is 8.39. The number of nitrogens with zero attached hydrogens (tertiary/aromatic N) is 1. The number of hydrogen-bond donors (Lipinski definition) is 1. The predicted octanol–water partition coefficient (Wildman–Crippen LogP) is 6.53. The van der Waals surface area contributed by atoms with Gasteiger partial charge in [-0.05, 0) is 71.0 Å². The van der Waals surface area contributed by atoms with E-state index in [0.717, 1.165) is 22.0 Å². The standard InChI is InChI=1S/C28H29Cl2IN2O3/c1-2-3-16-32-28(35)26(17-20-8-5-4-6-9-20)33(18-23-24(29)10-7-11-25(23)30)27(34)19-36-22-14-12-21(31)13-15-22/h4-15,26H,2-3,16-19H2,1H3,(H,32,35)/t26-/m1/s1. The van der Waals surface area contributed by atoms with Gasteiger partial charge in [-0.3, -0.25) is 9.59 Å². The molecular weight excluding hydrogens is 610 g/mol. The van der Waals surface area contributed by atoms with Crippen LogP contribution in [0, 0.1) is 3.57 Å². The molecule has 0 bridgehead atoms. The number of carbonyl (C=O) groups is 2. The van der Waals surface area contributed by atoms with E-state index in [0.29, 0.717) is 34.3 Å². The zero-order valence-electron chi connectivity index (χ0n) is 20.1. The molecule has 2 amide bonds. The Morgan fingerprint density at radius 2 is 1.64 bits per heavy atom. The van der Waals surface area contributed by atoms with Crippen LogP contribution in [0.3, 0.4) is 0 Å². The fraction of sp³-hybridized carbons (Fsp3) is 0.286. The third-order valence-electron chi connectivity index (χ3n) is 5.67. The molecule has 1 atom stereocenters. The Kier molecular flexibility index (Phi) is 11.4. The van der Waals surface area contributed by atoms with Gasteiger partial charge in [0.25, 0.3) is 5.91 Å². The van der Waals surface area contributed by atoms with Crippen LogP contribution in [0.5, 0.6) is 5.75 Å². The fourth-order valence-electron chi connectivity index (χ4n) is 3.67. The van der Waals surface area contributed by atoms with Crippen LogP contribution in [0.4, 0.5) is 0 Å². The number of nitrogens with one attached hydrogen (secondary N) is 1. The number of halogens is 3. The summed E-state index contributed by atoms with van der Waals surface area (Å²) in [7, 11) is 0. The molecular formula is C28H29Cl2IN2O3. The molecule has 0 saturated heterocycles.